The average Bonchev–Trinajstić information content (AvgIpc) is 2.31. The quantitative estimate of drug-likeness (QED) is 0.654. The SMILES string of the molecule is CC[C@H](C)[C@H](NC(=O)NCC(C)C(C)C)C(=O)O. The second kappa shape index (κ2) is 7.95. The Morgan fingerprint density at radius 3 is 2.06 bits per heavy atom. The first-order valence-corrected chi connectivity index (χ1v) is 6.56. The molecule has 0 aliphatic carbocycles. The van der Waals surface area contributed by atoms with Crippen LogP contribution in [-0.2, 0) is 4.79 Å². The molecule has 5 heteroatoms. The maximum Gasteiger partial charge on any atom is 0.326 e. The summed E-state index contributed by atoms with van der Waals surface area (Å²) in [4.78, 5) is 22.7. The molecule has 0 aromatic heterocycles. The zero-order chi connectivity index (χ0) is 14.3. The molecule has 5 nitrogen and oxygen atoms in total. The van der Waals surface area contributed by atoms with Crippen molar-refractivity contribution in [3.05, 3.63) is 0 Å². The molecule has 2 amide bonds. The highest BCUT2D eigenvalue weighted by Gasteiger charge is 2.25. The lowest BCUT2D eigenvalue weighted by atomic mass is 9.98. The van der Waals surface area contributed by atoms with Crippen LogP contribution in [0.1, 0.15) is 41.0 Å². The fraction of sp³-hybridized carbons (Fsp3) is 0.846. The minimum Gasteiger partial charge on any atom is -0.480 e. The molecule has 0 fully saturated rings. The predicted octanol–water partition coefficient (Wildman–Crippen LogP) is 2.08. The molecule has 0 aliphatic heterocycles. The second-order valence-electron chi connectivity index (χ2n) is 5.28. The third-order valence-corrected chi connectivity index (χ3v) is 3.49. The van der Waals surface area contributed by atoms with E-state index in [9.17, 15) is 9.59 Å². The van der Waals surface area contributed by atoms with Crippen molar-refractivity contribution >= 4 is 12.0 Å². The summed E-state index contributed by atoms with van der Waals surface area (Å²) in [5.74, 6) is -0.232. The van der Waals surface area contributed by atoms with E-state index in [1.807, 2.05) is 20.8 Å². The van der Waals surface area contributed by atoms with Gasteiger partial charge in [-0.15, -0.1) is 0 Å². The van der Waals surface area contributed by atoms with Crippen molar-refractivity contribution in [1.29, 1.82) is 0 Å². The number of aliphatic carboxylic acids is 1. The van der Waals surface area contributed by atoms with Crippen LogP contribution in [0.15, 0.2) is 0 Å². The zero-order valence-corrected chi connectivity index (χ0v) is 12.0. The highest BCUT2D eigenvalue weighted by atomic mass is 16.4. The van der Waals surface area contributed by atoms with Gasteiger partial charge >= 0.3 is 12.0 Å². The van der Waals surface area contributed by atoms with Gasteiger partial charge in [0.15, 0.2) is 0 Å². The van der Waals surface area contributed by atoms with Crippen LogP contribution in [0, 0.1) is 17.8 Å². The first-order chi connectivity index (χ1) is 8.29. The summed E-state index contributed by atoms with van der Waals surface area (Å²) in [7, 11) is 0. The summed E-state index contributed by atoms with van der Waals surface area (Å²) < 4.78 is 0. The Balaban J connectivity index is 4.23. The summed E-state index contributed by atoms with van der Waals surface area (Å²) in [6, 6.07) is -1.24. The van der Waals surface area contributed by atoms with Gasteiger partial charge in [0.05, 0.1) is 0 Å². The van der Waals surface area contributed by atoms with Gasteiger partial charge in [0.2, 0.25) is 0 Å². The highest BCUT2D eigenvalue weighted by Crippen LogP contribution is 2.09. The van der Waals surface area contributed by atoms with Crippen molar-refractivity contribution in [3.8, 4) is 0 Å². The Hall–Kier alpha value is -1.26. The number of carboxylic acid groups (broad SMARTS) is 1. The molecule has 3 N–H and O–H groups in total. The molecule has 0 heterocycles. The molecule has 0 aromatic carbocycles. The Bertz CT molecular complexity index is 279. The molecule has 3 atom stereocenters. The highest BCUT2D eigenvalue weighted by molar-refractivity contribution is 5.82. The van der Waals surface area contributed by atoms with Crippen LogP contribution >= 0.6 is 0 Å². The van der Waals surface area contributed by atoms with Crippen LogP contribution in [0.2, 0.25) is 0 Å². The standard InChI is InChI=1S/C13H26N2O3/c1-6-9(4)11(12(16)17)15-13(18)14-7-10(5)8(2)3/h8-11H,6-7H2,1-5H3,(H,16,17)(H2,14,15,18)/t9-,10?,11-/m0/s1. The van der Waals surface area contributed by atoms with Crippen LogP contribution in [-0.4, -0.2) is 29.7 Å². The van der Waals surface area contributed by atoms with Crippen LogP contribution in [0.25, 0.3) is 0 Å². The number of amides is 2. The normalized spacial score (nSPS) is 15.9. The lowest BCUT2D eigenvalue weighted by molar-refractivity contribution is -0.140. The molecule has 0 spiro atoms. The van der Waals surface area contributed by atoms with Gasteiger partial charge in [-0.2, -0.15) is 0 Å². The number of carbonyl (C=O) groups excluding carboxylic acids is 1. The van der Waals surface area contributed by atoms with E-state index in [1.165, 1.54) is 0 Å². The summed E-state index contributed by atoms with van der Waals surface area (Å²) in [5, 5.41) is 14.3. The number of rotatable bonds is 7. The number of nitrogens with one attached hydrogen (secondary N) is 2. The molecular weight excluding hydrogens is 232 g/mol. The van der Waals surface area contributed by atoms with Gasteiger partial charge < -0.3 is 15.7 Å². The molecule has 0 saturated carbocycles. The summed E-state index contributed by atoms with van der Waals surface area (Å²) >= 11 is 0. The molecular formula is C13H26N2O3. The maximum atomic E-state index is 11.6. The third kappa shape index (κ3) is 5.89. The van der Waals surface area contributed by atoms with Gasteiger partial charge in [-0.3, -0.25) is 0 Å². The fourth-order valence-corrected chi connectivity index (χ4v) is 1.36. The van der Waals surface area contributed by atoms with Crippen molar-refractivity contribution in [2.75, 3.05) is 6.54 Å². The van der Waals surface area contributed by atoms with Gasteiger partial charge in [0.25, 0.3) is 0 Å². The van der Waals surface area contributed by atoms with E-state index < -0.39 is 18.0 Å². The first kappa shape index (κ1) is 16.7. The first-order valence-electron chi connectivity index (χ1n) is 6.56. The minimum atomic E-state index is -0.989. The molecule has 0 aromatic rings. The smallest absolute Gasteiger partial charge is 0.326 e. The maximum absolute atomic E-state index is 11.6. The van der Waals surface area contributed by atoms with Crippen LogP contribution in [0.3, 0.4) is 0 Å². The molecule has 0 aliphatic rings. The number of hydrogen-bond donors (Lipinski definition) is 3. The van der Waals surface area contributed by atoms with Crippen molar-refractivity contribution in [1.82, 2.24) is 10.6 Å². The predicted molar refractivity (Wildman–Crippen MR) is 71.4 cm³/mol. The lowest BCUT2D eigenvalue weighted by Crippen LogP contribution is -2.49. The number of urea groups is 1. The molecule has 0 rings (SSSR count). The Labute approximate surface area is 109 Å². The number of hydrogen-bond acceptors (Lipinski definition) is 2. The van der Waals surface area contributed by atoms with E-state index in [0.717, 1.165) is 0 Å². The fourth-order valence-electron chi connectivity index (χ4n) is 1.36. The lowest BCUT2D eigenvalue weighted by Gasteiger charge is -2.22. The van der Waals surface area contributed by atoms with E-state index in [0.29, 0.717) is 24.8 Å². The third-order valence-electron chi connectivity index (χ3n) is 3.49. The summed E-state index contributed by atoms with van der Waals surface area (Å²) in [5.41, 5.74) is 0. The van der Waals surface area contributed by atoms with E-state index >= 15 is 0 Å². The number of carboxylic acids is 1. The van der Waals surface area contributed by atoms with Gasteiger partial charge in [0, 0.05) is 6.54 Å². The van der Waals surface area contributed by atoms with E-state index in [-0.39, 0.29) is 5.92 Å². The van der Waals surface area contributed by atoms with E-state index in [1.54, 1.807) is 0 Å². The van der Waals surface area contributed by atoms with Crippen molar-refractivity contribution in [3.63, 3.8) is 0 Å². The summed E-state index contributed by atoms with van der Waals surface area (Å²) in [6.07, 6.45) is 0.708. The topological polar surface area (TPSA) is 78.4 Å². The second-order valence-corrected chi connectivity index (χ2v) is 5.28. The van der Waals surface area contributed by atoms with Crippen molar-refractivity contribution in [2.24, 2.45) is 17.8 Å². The van der Waals surface area contributed by atoms with Crippen LogP contribution in [0.4, 0.5) is 4.79 Å². The van der Waals surface area contributed by atoms with Crippen molar-refractivity contribution in [2.45, 2.75) is 47.1 Å². The Kier molecular flexibility index (Phi) is 7.39. The van der Waals surface area contributed by atoms with Crippen molar-refractivity contribution < 1.29 is 14.7 Å². The molecule has 0 radical (unpaired) electrons. The van der Waals surface area contributed by atoms with Gasteiger partial charge in [-0.1, -0.05) is 41.0 Å². The van der Waals surface area contributed by atoms with E-state index in [4.69, 9.17) is 5.11 Å². The Morgan fingerprint density at radius 2 is 1.67 bits per heavy atom. The molecule has 0 bridgehead atoms. The number of carbonyl (C=O) groups is 2. The average molecular weight is 258 g/mol. The van der Waals surface area contributed by atoms with Gasteiger partial charge in [-0.25, -0.2) is 9.59 Å². The molecule has 106 valence electrons. The van der Waals surface area contributed by atoms with Gasteiger partial charge in [-0.05, 0) is 17.8 Å². The van der Waals surface area contributed by atoms with Gasteiger partial charge in [0.1, 0.15) is 6.04 Å². The molecule has 18 heavy (non-hydrogen) atoms. The van der Waals surface area contributed by atoms with E-state index in [2.05, 4.69) is 24.5 Å². The zero-order valence-electron chi connectivity index (χ0n) is 12.0. The largest absolute Gasteiger partial charge is 0.480 e. The van der Waals surface area contributed by atoms with Crippen LogP contribution < -0.4 is 10.6 Å². The Morgan fingerprint density at radius 1 is 1.11 bits per heavy atom. The molecule has 0 saturated heterocycles. The van der Waals surface area contributed by atoms with Crippen LogP contribution in [0.5, 0.6) is 0 Å². The molecule has 1 unspecified atom stereocenters. The minimum absolute atomic E-state index is 0.0872. The monoisotopic (exact) mass is 258 g/mol. The summed E-state index contributed by atoms with van der Waals surface area (Å²) in [6.45, 7) is 10.5.